The van der Waals surface area contributed by atoms with E-state index in [4.69, 9.17) is 14.5 Å². The van der Waals surface area contributed by atoms with Crippen LogP contribution in [-0.4, -0.2) is 35.8 Å². The standard InChI is InChI=1S/C21H21BrN4O3/c22-15-4-5-16-17(9-15)25-21(24-16)26-7-1-2-14(11-26)20(27)23-10-13-3-6-18-19(8-13)29-12-28-18/h3-6,8-9,14H,1-2,7,10-12H2,(H,23,27)(H,24,25). The van der Waals surface area contributed by atoms with Crippen molar-refractivity contribution in [3.8, 4) is 11.5 Å². The number of nitrogens with zero attached hydrogens (tertiary/aromatic N) is 2. The summed E-state index contributed by atoms with van der Waals surface area (Å²) in [4.78, 5) is 23.0. The summed E-state index contributed by atoms with van der Waals surface area (Å²) in [7, 11) is 0. The van der Waals surface area contributed by atoms with E-state index in [1.807, 2.05) is 36.4 Å². The first-order valence-electron chi connectivity index (χ1n) is 9.72. The van der Waals surface area contributed by atoms with Crippen molar-refractivity contribution in [1.29, 1.82) is 0 Å². The SMILES string of the molecule is O=C(NCc1ccc2c(c1)OCO2)C1CCCN(c2nc3ccc(Br)cc3[nH]2)C1. The Bertz CT molecular complexity index is 1070. The van der Waals surface area contributed by atoms with Gasteiger partial charge in [-0.25, -0.2) is 4.98 Å². The molecule has 1 saturated heterocycles. The molecule has 3 heterocycles. The molecule has 0 bridgehead atoms. The maximum atomic E-state index is 12.8. The van der Waals surface area contributed by atoms with E-state index < -0.39 is 0 Å². The van der Waals surface area contributed by atoms with Gasteiger partial charge in [0.15, 0.2) is 11.5 Å². The van der Waals surface area contributed by atoms with Crippen molar-refractivity contribution >= 4 is 38.8 Å². The fourth-order valence-corrected chi connectivity index (χ4v) is 4.25. The van der Waals surface area contributed by atoms with Gasteiger partial charge in [0.2, 0.25) is 18.6 Å². The molecular weight excluding hydrogens is 436 g/mol. The monoisotopic (exact) mass is 456 g/mol. The number of amides is 1. The van der Waals surface area contributed by atoms with Crippen LogP contribution in [-0.2, 0) is 11.3 Å². The summed E-state index contributed by atoms with van der Waals surface area (Å²) < 4.78 is 11.7. The highest BCUT2D eigenvalue weighted by atomic mass is 79.9. The zero-order chi connectivity index (χ0) is 19.8. The maximum Gasteiger partial charge on any atom is 0.231 e. The summed E-state index contributed by atoms with van der Waals surface area (Å²) in [6.07, 6.45) is 1.85. The second-order valence-corrected chi connectivity index (χ2v) is 8.33. The molecule has 1 aromatic heterocycles. The first-order valence-corrected chi connectivity index (χ1v) is 10.5. The molecule has 2 aliphatic heterocycles. The first-order chi connectivity index (χ1) is 14.2. The molecule has 2 N–H and O–H groups in total. The summed E-state index contributed by atoms with van der Waals surface area (Å²) in [5.41, 5.74) is 2.92. The molecule has 1 atom stereocenters. The van der Waals surface area contributed by atoms with Gasteiger partial charge < -0.3 is 24.7 Å². The highest BCUT2D eigenvalue weighted by Gasteiger charge is 2.27. The van der Waals surface area contributed by atoms with Crippen LogP contribution in [0.15, 0.2) is 40.9 Å². The van der Waals surface area contributed by atoms with Crippen LogP contribution in [0.2, 0.25) is 0 Å². The van der Waals surface area contributed by atoms with E-state index in [-0.39, 0.29) is 18.6 Å². The third-order valence-electron chi connectivity index (χ3n) is 5.43. The van der Waals surface area contributed by atoms with Crippen molar-refractivity contribution in [1.82, 2.24) is 15.3 Å². The number of benzene rings is 2. The highest BCUT2D eigenvalue weighted by Crippen LogP contribution is 2.32. The molecule has 29 heavy (non-hydrogen) atoms. The first kappa shape index (κ1) is 18.3. The van der Waals surface area contributed by atoms with E-state index in [1.165, 1.54) is 0 Å². The molecule has 2 aromatic carbocycles. The number of carbonyl (C=O) groups excluding carboxylic acids is 1. The average Bonchev–Trinajstić information content (AvgIpc) is 3.38. The molecule has 3 aromatic rings. The normalized spacial score (nSPS) is 18.2. The molecule has 2 aliphatic rings. The van der Waals surface area contributed by atoms with Gasteiger partial charge in [0.05, 0.1) is 17.0 Å². The number of piperidine rings is 1. The summed E-state index contributed by atoms with van der Waals surface area (Å²) in [5, 5.41) is 3.07. The highest BCUT2D eigenvalue weighted by molar-refractivity contribution is 9.10. The van der Waals surface area contributed by atoms with E-state index >= 15 is 0 Å². The quantitative estimate of drug-likeness (QED) is 0.626. The Balaban J connectivity index is 1.23. The number of ether oxygens (including phenoxy) is 2. The number of hydrogen-bond donors (Lipinski definition) is 2. The summed E-state index contributed by atoms with van der Waals surface area (Å²) in [6.45, 7) is 2.29. The number of halogens is 1. The van der Waals surface area contributed by atoms with Crippen molar-refractivity contribution in [3.63, 3.8) is 0 Å². The van der Waals surface area contributed by atoms with Crippen LogP contribution in [0.3, 0.4) is 0 Å². The number of imidazole rings is 1. The lowest BCUT2D eigenvalue weighted by molar-refractivity contribution is -0.125. The largest absolute Gasteiger partial charge is 0.454 e. The summed E-state index contributed by atoms with van der Waals surface area (Å²) in [5.74, 6) is 2.33. The van der Waals surface area contributed by atoms with E-state index in [0.29, 0.717) is 13.1 Å². The van der Waals surface area contributed by atoms with Crippen molar-refractivity contribution in [2.45, 2.75) is 19.4 Å². The Morgan fingerprint density at radius 2 is 2.14 bits per heavy atom. The molecule has 1 amide bonds. The summed E-state index contributed by atoms with van der Waals surface area (Å²) >= 11 is 3.49. The zero-order valence-corrected chi connectivity index (χ0v) is 17.4. The summed E-state index contributed by atoms with van der Waals surface area (Å²) in [6, 6.07) is 11.7. The second-order valence-electron chi connectivity index (χ2n) is 7.41. The molecule has 0 saturated carbocycles. The molecule has 7 nitrogen and oxygen atoms in total. The molecule has 0 spiro atoms. The van der Waals surface area contributed by atoms with Gasteiger partial charge in [-0.1, -0.05) is 22.0 Å². The third kappa shape index (κ3) is 3.76. The average molecular weight is 457 g/mol. The topological polar surface area (TPSA) is 79.5 Å². The van der Waals surface area contributed by atoms with Gasteiger partial charge in [0.25, 0.3) is 0 Å². The van der Waals surface area contributed by atoms with Crippen molar-refractivity contribution < 1.29 is 14.3 Å². The molecule has 1 fully saturated rings. The van der Waals surface area contributed by atoms with Crippen molar-refractivity contribution in [3.05, 3.63) is 46.4 Å². The van der Waals surface area contributed by atoms with Gasteiger partial charge in [0, 0.05) is 24.1 Å². The van der Waals surface area contributed by atoms with Crippen LogP contribution in [0.5, 0.6) is 11.5 Å². The van der Waals surface area contributed by atoms with Crippen LogP contribution in [0, 0.1) is 5.92 Å². The van der Waals surface area contributed by atoms with E-state index in [0.717, 1.165) is 57.9 Å². The fraction of sp³-hybridized carbons (Fsp3) is 0.333. The molecule has 0 aliphatic carbocycles. The van der Waals surface area contributed by atoms with E-state index in [2.05, 4.69) is 31.1 Å². The van der Waals surface area contributed by atoms with Gasteiger partial charge in [-0.15, -0.1) is 0 Å². The number of aromatic amines is 1. The van der Waals surface area contributed by atoms with Gasteiger partial charge in [-0.05, 0) is 48.7 Å². The minimum atomic E-state index is -0.0577. The number of fused-ring (bicyclic) bond motifs is 2. The van der Waals surface area contributed by atoms with Gasteiger partial charge in [-0.3, -0.25) is 4.79 Å². The lowest BCUT2D eigenvalue weighted by Gasteiger charge is -2.31. The Morgan fingerprint density at radius 1 is 1.24 bits per heavy atom. The maximum absolute atomic E-state index is 12.8. The van der Waals surface area contributed by atoms with Gasteiger partial charge in [0.1, 0.15) is 0 Å². The van der Waals surface area contributed by atoms with E-state index in [1.54, 1.807) is 0 Å². The smallest absolute Gasteiger partial charge is 0.231 e. The van der Waals surface area contributed by atoms with Crippen LogP contribution < -0.4 is 19.7 Å². The zero-order valence-electron chi connectivity index (χ0n) is 15.8. The minimum Gasteiger partial charge on any atom is -0.454 e. The lowest BCUT2D eigenvalue weighted by atomic mass is 9.97. The van der Waals surface area contributed by atoms with Crippen molar-refractivity contribution in [2.75, 3.05) is 24.8 Å². The number of rotatable bonds is 4. The Morgan fingerprint density at radius 3 is 3.07 bits per heavy atom. The van der Waals surface area contributed by atoms with Gasteiger partial charge >= 0.3 is 0 Å². The molecular formula is C21H21BrN4O3. The fourth-order valence-electron chi connectivity index (χ4n) is 3.89. The Labute approximate surface area is 176 Å². The van der Waals surface area contributed by atoms with Crippen molar-refractivity contribution in [2.24, 2.45) is 5.92 Å². The second kappa shape index (κ2) is 7.59. The lowest BCUT2D eigenvalue weighted by Crippen LogP contribution is -2.43. The number of nitrogens with one attached hydrogen (secondary N) is 2. The van der Waals surface area contributed by atoms with Crippen LogP contribution in [0.25, 0.3) is 11.0 Å². The minimum absolute atomic E-state index is 0.0577. The van der Waals surface area contributed by atoms with E-state index in [9.17, 15) is 4.79 Å². The molecule has 5 rings (SSSR count). The van der Waals surface area contributed by atoms with Gasteiger partial charge in [-0.2, -0.15) is 0 Å². The van der Waals surface area contributed by atoms with Crippen LogP contribution in [0.1, 0.15) is 18.4 Å². The number of hydrogen-bond acceptors (Lipinski definition) is 5. The third-order valence-corrected chi connectivity index (χ3v) is 5.92. The number of aromatic nitrogens is 2. The number of anilines is 1. The predicted molar refractivity (Wildman–Crippen MR) is 113 cm³/mol. The van der Waals surface area contributed by atoms with Crippen LogP contribution >= 0.6 is 15.9 Å². The Kier molecular flexibility index (Phi) is 4.79. The predicted octanol–water partition coefficient (Wildman–Crippen LogP) is 3.59. The number of carbonyl (C=O) groups is 1. The Hall–Kier alpha value is -2.74. The molecule has 0 radical (unpaired) electrons. The molecule has 150 valence electrons. The molecule has 8 heteroatoms. The molecule has 1 unspecified atom stereocenters. The van der Waals surface area contributed by atoms with Crippen LogP contribution in [0.4, 0.5) is 5.95 Å². The number of H-pyrrole nitrogens is 1.